The molecule has 0 saturated carbocycles. The zero-order valence-corrected chi connectivity index (χ0v) is 13.0. The van der Waals surface area contributed by atoms with Crippen molar-refractivity contribution in [2.24, 2.45) is 4.99 Å². The van der Waals surface area contributed by atoms with Gasteiger partial charge in [0.1, 0.15) is 0 Å². The first-order valence-electron chi connectivity index (χ1n) is 6.49. The number of hydrogen-bond donors (Lipinski definition) is 2. The van der Waals surface area contributed by atoms with Crippen molar-refractivity contribution in [3.05, 3.63) is 57.2 Å². The fourth-order valence-electron chi connectivity index (χ4n) is 1.78. The zero-order valence-electron chi connectivity index (χ0n) is 11.4. The van der Waals surface area contributed by atoms with Gasteiger partial charge in [-0.15, -0.1) is 11.3 Å². The Morgan fingerprint density at radius 3 is 2.65 bits per heavy atom. The van der Waals surface area contributed by atoms with E-state index >= 15 is 0 Å². The highest BCUT2D eigenvalue weighted by Crippen LogP contribution is 2.09. The van der Waals surface area contributed by atoms with Gasteiger partial charge in [-0.25, -0.2) is 0 Å². The Bertz CT molecular complexity index is 535. The van der Waals surface area contributed by atoms with Gasteiger partial charge in [-0.05, 0) is 35.6 Å². The molecule has 1 aromatic heterocycles. The Morgan fingerprint density at radius 1 is 1.20 bits per heavy atom. The highest BCUT2D eigenvalue weighted by molar-refractivity contribution is 7.09. The van der Waals surface area contributed by atoms with E-state index in [1.165, 1.54) is 10.4 Å². The van der Waals surface area contributed by atoms with Gasteiger partial charge in [0.15, 0.2) is 5.96 Å². The second-order valence-electron chi connectivity index (χ2n) is 4.31. The SMILES string of the molecule is CN=C(NCCc1ccc(Cl)cc1)NCc1cccs1. The van der Waals surface area contributed by atoms with Crippen molar-refractivity contribution in [3.8, 4) is 0 Å². The molecule has 0 radical (unpaired) electrons. The molecule has 0 atom stereocenters. The largest absolute Gasteiger partial charge is 0.356 e. The summed E-state index contributed by atoms with van der Waals surface area (Å²) in [6, 6.07) is 12.1. The molecule has 0 unspecified atom stereocenters. The predicted molar refractivity (Wildman–Crippen MR) is 87.7 cm³/mol. The van der Waals surface area contributed by atoms with Crippen LogP contribution in [-0.4, -0.2) is 19.6 Å². The first-order valence-corrected chi connectivity index (χ1v) is 7.75. The van der Waals surface area contributed by atoms with Crippen LogP contribution in [0.25, 0.3) is 0 Å². The summed E-state index contributed by atoms with van der Waals surface area (Å²) in [5, 5.41) is 9.45. The van der Waals surface area contributed by atoms with Gasteiger partial charge in [-0.2, -0.15) is 0 Å². The average molecular weight is 308 g/mol. The molecule has 0 saturated heterocycles. The predicted octanol–water partition coefficient (Wildman–Crippen LogP) is 3.31. The Labute approximate surface area is 128 Å². The number of hydrogen-bond acceptors (Lipinski definition) is 2. The lowest BCUT2D eigenvalue weighted by atomic mass is 10.1. The third kappa shape index (κ3) is 4.87. The lowest BCUT2D eigenvalue weighted by Gasteiger charge is -2.11. The number of rotatable bonds is 5. The molecule has 1 heterocycles. The molecule has 3 nitrogen and oxygen atoms in total. The Morgan fingerprint density at radius 2 is 2.00 bits per heavy atom. The number of benzene rings is 1. The molecule has 0 spiro atoms. The second-order valence-corrected chi connectivity index (χ2v) is 5.78. The van der Waals surface area contributed by atoms with Crippen LogP contribution < -0.4 is 10.6 Å². The smallest absolute Gasteiger partial charge is 0.191 e. The lowest BCUT2D eigenvalue weighted by Crippen LogP contribution is -2.37. The van der Waals surface area contributed by atoms with E-state index in [-0.39, 0.29) is 0 Å². The van der Waals surface area contributed by atoms with Crippen molar-refractivity contribution in [3.63, 3.8) is 0 Å². The Hall–Kier alpha value is -1.52. The molecule has 20 heavy (non-hydrogen) atoms. The molecule has 0 aliphatic carbocycles. The summed E-state index contributed by atoms with van der Waals surface area (Å²) in [5.41, 5.74) is 1.26. The van der Waals surface area contributed by atoms with Crippen LogP contribution in [0, 0.1) is 0 Å². The van der Waals surface area contributed by atoms with Gasteiger partial charge in [0.25, 0.3) is 0 Å². The monoisotopic (exact) mass is 307 g/mol. The standard InChI is InChI=1S/C15H18ClN3S/c1-17-15(19-11-14-3-2-10-20-14)18-9-8-12-4-6-13(16)7-5-12/h2-7,10H,8-9,11H2,1H3,(H2,17,18,19). The number of guanidine groups is 1. The molecular weight excluding hydrogens is 290 g/mol. The van der Waals surface area contributed by atoms with Gasteiger partial charge in [0.05, 0.1) is 6.54 Å². The summed E-state index contributed by atoms with van der Waals surface area (Å²) in [6.07, 6.45) is 0.941. The van der Waals surface area contributed by atoms with E-state index in [1.807, 2.05) is 24.3 Å². The molecule has 2 rings (SSSR count). The fraction of sp³-hybridized carbons (Fsp3) is 0.267. The Kier molecular flexibility index (Phi) is 5.89. The van der Waals surface area contributed by atoms with E-state index in [0.717, 1.165) is 30.5 Å². The van der Waals surface area contributed by atoms with Crippen molar-refractivity contribution in [2.75, 3.05) is 13.6 Å². The summed E-state index contributed by atoms with van der Waals surface area (Å²) < 4.78 is 0. The summed E-state index contributed by atoms with van der Waals surface area (Å²) in [5.74, 6) is 0.826. The lowest BCUT2D eigenvalue weighted by molar-refractivity contribution is 0.799. The summed E-state index contributed by atoms with van der Waals surface area (Å²) in [7, 11) is 1.78. The van der Waals surface area contributed by atoms with Crippen LogP contribution in [0.1, 0.15) is 10.4 Å². The van der Waals surface area contributed by atoms with Gasteiger partial charge in [0.2, 0.25) is 0 Å². The Balaban J connectivity index is 1.72. The quantitative estimate of drug-likeness (QED) is 0.657. The molecule has 0 fully saturated rings. The van der Waals surface area contributed by atoms with Crippen molar-refractivity contribution in [1.29, 1.82) is 0 Å². The molecule has 2 aromatic rings. The minimum atomic E-state index is 0.773. The molecule has 106 valence electrons. The van der Waals surface area contributed by atoms with Crippen molar-refractivity contribution in [2.45, 2.75) is 13.0 Å². The van der Waals surface area contributed by atoms with Crippen molar-refractivity contribution in [1.82, 2.24) is 10.6 Å². The third-order valence-electron chi connectivity index (χ3n) is 2.85. The first kappa shape index (κ1) is 14.9. The maximum absolute atomic E-state index is 5.86. The average Bonchev–Trinajstić information content (AvgIpc) is 2.98. The highest BCUT2D eigenvalue weighted by atomic mass is 35.5. The van der Waals surface area contributed by atoms with Gasteiger partial charge in [-0.1, -0.05) is 29.8 Å². The van der Waals surface area contributed by atoms with E-state index in [9.17, 15) is 0 Å². The number of aliphatic imine (C=N–C) groups is 1. The van der Waals surface area contributed by atoms with Crippen LogP contribution in [-0.2, 0) is 13.0 Å². The number of nitrogens with zero attached hydrogens (tertiary/aromatic N) is 1. The van der Waals surface area contributed by atoms with Gasteiger partial charge >= 0.3 is 0 Å². The number of halogens is 1. The van der Waals surface area contributed by atoms with Crippen molar-refractivity contribution < 1.29 is 0 Å². The van der Waals surface area contributed by atoms with Gasteiger partial charge in [0, 0.05) is 23.5 Å². The molecule has 0 aliphatic rings. The second kappa shape index (κ2) is 7.92. The minimum Gasteiger partial charge on any atom is -0.356 e. The molecule has 0 amide bonds. The van der Waals surface area contributed by atoms with Gasteiger partial charge < -0.3 is 10.6 Å². The number of nitrogens with one attached hydrogen (secondary N) is 2. The zero-order chi connectivity index (χ0) is 14.2. The normalized spacial score (nSPS) is 11.4. The van der Waals surface area contributed by atoms with Crippen LogP contribution in [0.5, 0.6) is 0 Å². The number of thiophene rings is 1. The maximum atomic E-state index is 5.86. The van der Waals surface area contributed by atoms with Crippen LogP contribution in [0.15, 0.2) is 46.8 Å². The molecule has 2 N–H and O–H groups in total. The molecule has 0 aliphatic heterocycles. The molecule has 1 aromatic carbocycles. The van der Waals surface area contributed by atoms with Crippen LogP contribution in [0.2, 0.25) is 5.02 Å². The third-order valence-corrected chi connectivity index (χ3v) is 3.98. The van der Waals surface area contributed by atoms with E-state index in [0.29, 0.717) is 0 Å². The highest BCUT2D eigenvalue weighted by Gasteiger charge is 1.99. The maximum Gasteiger partial charge on any atom is 0.191 e. The van der Waals surface area contributed by atoms with E-state index < -0.39 is 0 Å². The summed E-state index contributed by atoms with van der Waals surface area (Å²) in [4.78, 5) is 5.51. The molecule has 5 heteroatoms. The summed E-state index contributed by atoms with van der Waals surface area (Å²) >= 11 is 7.60. The van der Waals surface area contributed by atoms with Crippen LogP contribution in [0.3, 0.4) is 0 Å². The minimum absolute atomic E-state index is 0.773. The van der Waals surface area contributed by atoms with Crippen molar-refractivity contribution >= 4 is 28.9 Å². The molecule has 0 bridgehead atoms. The summed E-state index contributed by atoms with van der Waals surface area (Å²) in [6.45, 7) is 1.64. The topological polar surface area (TPSA) is 36.4 Å². The molecular formula is C15H18ClN3S. The van der Waals surface area contributed by atoms with E-state index in [1.54, 1.807) is 18.4 Å². The van der Waals surface area contributed by atoms with Crippen LogP contribution in [0.4, 0.5) is 0 Å². The van der Waals surface area contributed by atoms with Crippen LogP contribution >= 0.6 is 22.9 Å². The first-order chi connectivity index (χ1) is 9.78. The van der Waals surface area contributed by atoms with E-state index in [4.69, 9.17) is 11.6 Å². The fourth-order valence-corrected chi connectivity index (χ4v) is 2.55. The van der Waals surface area contributed by atoms with Gasteiger partial charge in [-0.3, -0.25) is 4.99 Å². The van der Waals surface area contributed by atoms with E-state index in [2.05, 4.69) is 33.1 Å².